The maximum absolute atomic E-state index is 12.5. The van der Waals surface area contributed by atoms with Crippen LogP contribution in [-0.2, 0) is 16.1 Å². The number of allylic oxidation sites excluding steroid dienone is 1. The molecule has 1 aromatic carbocycles. The summed E-state index contributed by atoms with van der Waals surface area (Å²) in [7, 11) is 1.51. The zero-order chi connectivity index (χ0) is 26.3. The molecule has 186 valence electrons. The largest absolute Gasteiger partial charge is 0.369 e. The van der Waals surface area contributed by atoms with Gasteiger partial charge in [-0.05, 0) is 38.0 Å². The number of hydrogen-bond donors (Lipinski definition) is 1. The quantitative estimate of drug-likeness (QED) is 0.198. The summed E-state index contributed by atoms with van der Waals surface area (Å²) in [5.74, 6) is -3.67. The number of ketones is 2. The van der Waals surface area contributed by atoms with Crippen LogP contribution in [0.25, 0.3) is 0 Å². The van der Waals surface area contributed by atoms with E-state index in [9.17, 15) is 29.8 Å². The zero-order valence-electron chi connectivity index (χ0n) is 19.7. The van der Waals surface area contributed by atoms with Gasteiger partial charge in [0.2, 0.25) is 0 Å². The third-order valence-corrected chi connectivity index (χ3v) is 5.73. The van der Waals surface area contributed by atoms with Crippen LogP contribution >= 0.6 is 11.6 Å². The normalized spacial score (nSPS) is 12.5. The Kier molecular flexibility index (Phi) is 9.41. The summed E-state index contributed by atoms with van der Waals surface area (Å²) in [5.41, 5.74) is 0.337. The van der Waals surface area contributed by atoms with Gasteiger partial charge in [-0.1, -0.05) is 29.8 Å². The number of carbonyl (C=O) groups excluding carboxylic acids is 2. The second-order valence-corrected chi connectivity index (χ2v) is 8.16. The minimum absolute atomic E-state index is 0.100. The highest BCUT2D eigenvalue weighted by Crippen LogP contribution is 2.37. The van der Waals surface area contributed by atoms with Crippen molar-refractivity contribution in [3.63, 3.8) is 0 Å². The molecular formula is C23H26ClN5O6. The lowest BCUT2D eigenvalue weighted by atomic mass is 9.79. The minimum Gasteiger partial charge on any atom is -0.369 e. The summed E-state index contributed by atoms with van der Waals surface area (Å²) in [6.07, 6.45) is 1.55. The summed E-state index contributed by atoms with van der Waals surface area (Å²) in [5, 5.41) is 26.7. The summed E-state index contributed by atoms with van der Waals surface area (Å²) in [6, 6.07) is 8.37. The van der Waals surface area contributed by atoms with E-state index in [1.807, 2.05) is 0 Å². The third kappa shape index (κ3) is 6.60. The second-order valence-electron chi connectivity index (χ2n) is 7.77. The number of hydrogen-bond acceptors (Lipinski definition) is 9. The molecule has 1 unspecified atom stereocenters. The maximum atomic E-state index is 12.5. The number of Topliss-reactive ketones (excluding diaryl/α,β-unsaturated/α-hetero) is 2. The molecule has 0 radical (unpaired) electrons. The fraction of sp³-hybridized carbons (Fsp3) is 0.348. The van der Waals surface area contributed by atoms with Gasteiger partial charge in [-0.2, -0.15) is 0 Å². The Balaban J connectivity index is 2.77. The van der Waals surface area contributed by atoms with Crippen molar-refractivity contribution in [1.82, 2.24) is 15.2 Å². The first-order valence-corrected chi connectivity index (χ1v) is 11.1. The lowest BCUT2D eigenvalue weighted by molar-refractivity contribution is -0.433. The van der Waals surface area contributed by atoms with Crippen molar-refractivity contribution in [1.29, 1.82) is 0 Å². The monoisotopic (exact) mass is 503 g/mol. The molecule has 0 saturated heterocycles. The van der Waals surface area contributed by atoms with E-state index >= 15 is 0 Å². The van der Waals surface area contributed by atoms with Crippen molar-refractivity contribution in [2.24, 2.45) is 5.92 Å². The Morgan fingerprint density at radius 2 is 1.69 bits per heavy atom. The number of halogens is 1. The van der Waals surface area contributed by atoms with Crippen molar-refractivity contribution in [3.05, 3.63) is 90.6 Å². The molecule has 0 aliphatic heterocycles. The van der Waals surface area contributed by atoms with Crippen LogP contribution in [0.5, 0.6) is 0 Å². The number of rotatable bonds is 12. The van der Waals surface area contributed by atoms with Gasteiger partial charge in [-0.25, -0.2) is 4.98 Å². The van der Waals surface area contributed by atoms with Crippen molar-refractivity contribution in [2.75, 3.05) is 13.6 Å². The Morgan fingerprint density at radius 3 is 2.09 bits per heavy atom. The molecule has 0 saturated carbocycles. The molecule has 2 rings (SSSR count). The Bertz CT molecular complexity index is 1120. The summed E-state index contributed by atoms with van der Waals surface area (Å²) < 4.78 is 0. The molecule has 12 heteroatoms. The molecule has 35 heavy (non-hydrogen) atoms. The van der Waals surface area contributed by atoms with Crippen LogP contribution in [0.1, 0.15) is 37.8 Å². The van der Waals surface area contributed by atoms with Gasteiger partial charge in [0.15, 0.2) is 5.82 Å². The number of nitro benzene ring substituents is 1. The number of non-ortho nitro benzene ring substituents is 1. The van der Waals surface area contributed by atoms with Crippen molar-refractivity contribution >= 4 is 28.9 Å². The van der Waals surface area contributed by atoms with Gasteiger partial charge in [0.25, 0.3) is 11.4 Å². The molecule has 1 N–H and O–H groups in total. The summed E-state index contributed by atoms with van der Waals surface area (Å²) in [4.78, 5) is 53.2. The predicted octanol–water partition coefficient (Wildman–Crippen LogP) is 3.71. The van der Waals surface area contributed by atoms with E-state index in [1.165, 1.54) is 45.2 Å². The van der Waals surface area contributed by atoms with Crippen LogP contribution in [0.15, 0.2) is 54.1 Å². The summed E-state index contributed by atoms with van der Waals surface area (Å²) >= 11 is 5.86. The molecule has 0 bridgehead atoms. The zero-order valence-corrected chi connectivity index (χ0v) is 20.5. The smallest absolute Gasteiger partial charge is 0.294 e. The van der Waals surface area contributed by atoms with E-state index in [-0.39, 0.29) is 23.6 Å². The van der Waals surface area contributed by atoms with Crippen LogP contribution in [-0.4, -0.2) is 44.9 Å². The SMILES string of the molecule is CCN(Cc1ccc(Cl)nc1)/C(NC)=C(/C(c1ccc([N+](=O)[O-])cc1)C(C(C)=O)C(C)=O)[N+](=O)[O-]. The number of carbonyl (C=O) groups is 2. The highest BCUT2D eigenvalue weighted by molar-refractivity contribution is 6.29. The molecule has 2 aromatic rings. The highest BCUT2D eigenvalue weighted by atomic mass is 35.5. The average molecular weight is 504 g/mol. The van der Waals surface area contributed by atoms with Crippen molar-refractivity contribution < 1.29 is 19.4 Å². The fourth-order valence-corrected chi connectivity index (χ4v) is 4.04. The topological polar surface area (TPSA) is 149 Å². The van der Waals surface area contributed by atoms with Crippen LogP contribution in [0.2, 0.25) is 5.15 Å². The van der Waals surface area contributed by atoms with Crippen molar-refractivity contribution in [2.45, 2.75) is 33.2 Å². The molecule has 11 nitrogen and oxygen atoms in total. The van der Waals surface area contributed by atoms with Gasteiger partial charge in [0.1, 0.15) is 16.7 Å². The Labute approximate surface area is 207 Å². The third-order valence-electron chi connectivity index (χ3n) is 5.50. The lowest BCUT2D eigenvalue weighted by Gasteiger charge is -2.29. The second kappa shape index (κ2) is 12.0. The standard InChI is InChI=1S/C23H26ClN5O6/c1-5-27(13-16-6-11-19(24)26-12-16)23(25-4)22(29(34)35)21(20(14(2)30)15(3)31)17-7-9-18(10-8-17)28(32)33/h6-12,20-21,25H,5,13H2,1-4H3/b23-22-. The number of nitro groups is 2. The maximum Gasteiger partial charge on any atom is 0.294 e. The predicted molar refractivity (Wildman–Crippen MR) is 129 cm³/mol. The van der Waals surface area contributed by atoms with Gasteiger partial charge < -0.3 is 10.2 Å². The van der Waals surface area contributed by atoms with Crippen molar-refractivity contribution in [3.8, 4) is 0 Å². The van der Waals surface area contributed by atoms with E-state index in [0.29, 0.717) is 11.7 Å². The number of pyridine rings is 1. The van der Waals surface area contributed by atoms with E-state index in [4.69, 9.17) is 11.6 Å². The van der Waals surface area contributed by atoms with Gasteiger partial charge >= 0.3 is 0 Å². The molecule has 0 aliphatic rings. The van der Waals surface area contributed by atoms with E-state index in [2.05, 4.69) is 10.3 Å². The van der Waals surface area contributed by atoms with Gasteiger partial charge in [-0.3, -0.25) is 29.8 Å². The van der Waals surface area contributed by atoms with E-state index in [1.54, 1.807) is 30.2 Å². The molecule has 0 aliphatic carbocycles. The summed E-state index contributed by atoms with van der Waals surface area (Å²) in [6.45, 7) is 4.75. The van der Waals surface area contributed by atoms with Crippen LogP contribution in [0.3, 0.4) is 0 Å². The first-order chi connectivity index (χ1) is 16.5. The molecular weight excluding hydrogens is 478 g/mol. The van der Waals surface area contributed by atoms with E-state index in [0.717, 1.165) is 5.56 Å². The molecule has 1 aromatic heterocycles. The number of nitrogens with one attached hydrogen (secondary N) is 1. The molecule has 0 spiro atoms. The minimum atomic E-state index is -1.36. The highest BCUT2D eigenvalue weighted by Gasteiger charge is 2.43. The number of benzene rings is 1. The number of aromatic nitrogens is 1. The Hall–Kier alpha value is -3.86. The van der Waals surface area contributed by atoms with Gasteiger partial charge in [-0.15, -0.1) is 0 Å². The molecule has 1 heterocycles. The first-order valence-electron chi connectivity index (χ1n) is 10.7. The molecule has 0 amide bonds. The van der Waals surface area contributed by atoms with Crippen LogP contribution < -0.4 is 5.32 Å². The Morgan fingerprint density at radius 1 is 1.09 bits per heavy atom. The lowest BCUT2D eigenvalue weighted by Crippen LogP contribution is -2.37. The van der Waals surface area contributed by atoms with Gasteiger partial charge in [0.05, 0.1) is 21.7 Å². The van der Waals surface area contributed by atoms with Gasteiger partial charge in [0, 0.05) is 38.5 Å². The molecule has 1 atom stereocenters. The first kappa shape index (κ1) is 27.4. The van der Waals surface area contributed by atoms with Crippen LogP contribution in [0.4, 0.5) is 5.69 Å². The van der Waals surface area contributed by atoms with Crippen LogP contribution in [0, 0.1) is 26.1 Å². The molecule has 0 fully saturated rings. The number of nitrogens with zero attached hydrogens (tertiary/aromatic N) is 4. The average Bonchev–Trinajstić information content (AvgIpc) is 2.80. The fourth-order valence-electron chi connectivity index (χ4n) is 3.93. The van der Waals surface area contributed by atoms with E-state index < -0.39 is 38.9 Å².